The van der Waals surface area contributed by atoms with Crippen molar-refractivity contribution in [3.05, 3.63) is 64.4 Å². The van der Waals surface area contributed by atoms with Gasteiger partial charge in [0.15, 0.2) is 0 Å². The molecule has 0 spiro atoms. The van der Waals surface area contributed by atoms with Gasteiger partial charge in [0.1, 0.15) is 5.82 Å². The van der Waals surface area contributed by atoms with Crippen LogP contribution >= 0.6 is 11.6 Å². The summed E-state index contributed by atoms with van der Waals surface area (Å²) in [4.78, 5) is 26.0. The van der Waals surface area contributed by atoms with Crippen LogP contribution in [0.25, 0.3) is 0 Å². The maximum Gasteiger partial charge on any atom is 0.243 e. The number of halogens is 2. The molecular weight excluding hydrogens is 457 g/mol. The normalized spacial score (nSPS) is 15.9. The molecule has 0 aliphatic carbocycles. The van der Waals surface area contributed by atoms with Crippen LogP contribution in [-0.4, -0.2) is 55.6 Å². The summed E-state index contributed by atoms with van der Waals surface area (Å²) in [5.41, 5.74) is 1.90. The minimum Gasteiger partial charge on any atom is -0.349 e. The summed E-state index contributed by atoms with van der Waals surface area (Å²) in [6, 6.07) is 10.4. The van der Waals surface area contributed by atoms with Gasteiger partial charge in [-0.3, -0.25) is 9.59 Å². The third-order valence-corrected chi connectivity index (χ3v) is 7.54. The van der Waals surface area contributed by atoms with E-state index in [4.69, 9.17) is 11.6 Å². The quantitative estimate of drug-likeness (QED) is 0.687. The van der Waals surface area contributed by atoms with Crippen molar-refractivity contribution in [1.29, 1.82) is 0 Å². The minimum absolute atomic E-state index is 0.0724. The van der Waals surface area contributed by atoms with Crippen molar-refractivity contribution in [3.8, 4) is 0 Å². The Morgan fingerprint density at radius 2 is 1.72 bits per heavy atom. The van der Waals surface area contributed by atoms with E-state index in [2.05, 4.69) is 5.32 Å². The van der Waals surface area contributed by atoms with Crippen LogP contribution in [0.5, 0.6) is 0 Å². The highest BCUT2D eigenvalue weighted by atomic mass is 35.5. The van der Waals surface area contributed by atoms with Crippen LogP contribution in [0.15, 0.2) is 47.4 Å². The summed E-state index contributed by atoms with van der Waals surface area (Å²) in [6.07, 6.45) is 0.0724. The maximum atomic E-state index is 13.4. The molecule has 0 bridgehead atoms. The molecule has 1 aliphatic rings. The molecule has 0 unspecified atom stereocenters. The second-order valence-electron chi connectivity index (χ2n) is 7.73. The molecule has 1 heterocycles. The first-order valence-corrected chi connectivity index (χ1v) is 12.0. The monoisotopic (exact) mass is 481 g/mol. The number of hydrogen-bond donors (Lipinski definition) is 1. The third-order valence-electron chi connectivity index (χ3n) is 5.36. The summed E-state index contributed by atoms with van der Waals surface area (Å²) in [7, 11) is -3.85. The van der Waals surface area contributed by atoms with E-state index in [-0.39, 0.29) is 54.3 Å². The number of amides is 2. The van der Waals surface area contributed by atoms with Crippen LogP contribution in [0.3, 0.4) is 0 Å². The van der Waals surface area contributed by atoms with E-state index in [1.54, 1.807) is 4.90 Å². The number of carbonyl (C=O) groups excluding carboxylic acids is 2. The van der Waals surface area contributed by atoms with Gasteiger partial charge in [-0.1, -0.05) is 41.4 Å². The number of nitrogens with zero attached hydrogens (tertiary/aromatic N) is 2. The van der Waals surface area contributed by atoms with Crippen molar-refractivity contribution < 1.29 is 22.4 Å². The SMILES string of the molecule is CC(=O)N[C@H](CC(=O)N1CCN(S(=O)(=O)c2ccc(F)c(Cl)c2)CC1)c1ccc(C)cc1. The molecule has 2 aromatic carbocycles. The van der Waals surface area contributed by atoms with Gasteiger partial charge < -0.3 is 10.2 Å². The minimum atomic E-state index is -3.85. The van der Waals surface area contributed by atoms with Crippen LogP contribution in [0, 0.1) is 12.7 Å². The molecule has 1 saturated heterocycles. The van der Waals surface area contributed by atoms with Crippen molar-refractivity contribution in [1.82, 2.24) is 14.5 Å². The van der Waals surface area contributed by atoms with Crippen molar-refractivity contribution >= 4 is 33.4 Å². The summed E-state index contributed by atoms with van der Waals surface area (Å²) in [5.74, 6) is -1.10. The Labute approximate surface area is 192 Å². The van der Waals surface area contributed by atoms with Crippen LogP contribution in [0.1, 0.15) is 30.5 Å². The third kappa shape index (κ3) is 5.65. The number of sulfonamides is 1. The lowest BCUT2D eigenvalue weighted by molar-refractivity contribution is -0.133. The molecule has 1 aliphatic heterocycles. The van der Waals surface area contributed by atoms with Gasteiger partial charge in [-0.15, -0.1) is 0 Å². The molecule has 32 heavy (non-hydrogen) atoms. The molecule has 0 saturated carbocycles. The topological polar surface area (TPSA) is 86.8 Å². The fraction of sp³-hybridized carbons (Fsp3) is 0.364. The summed E-state index contributed by atoms with van der Waals surface area (Å²) in [6.45, 7) is 4.00. The molecule has 1 N–H and O–H groups in total. The second-order valence-corrected chi connectivity index (χ2v) is 10.1. The van der Waals surface area contributed by atoms with Crippen LogP contribution in [0.4, 0.5) is 4.39 Å². The molecule has 1 atom stereocenters. The first kappa shape index (κ1) is 24.2. The largest absolute Gasteiger partial charge is 0.349 e. The molecule has 0 aromatic heterocycles. The van der Waals surface area contributed by atoms with E-state index in [0.717, 1.165) is 23.3 Å². The molecule has 3 rings (SSSR count). The number of benzene rings is 2. The van der Waals surface area contributed by atoms with Crippen LogP contribution < -0.4 is 5.32 Å². The zero-order valence-corrected chi connectivity index (χ0v) is 19.4. The number of rotatable bonds is 6. The van der Waals surface area contributed by atoms with Crippen LogP contribution in [0.2, 0.25) is 5.02 Å². The number of hydrogen-bond acceptors (Lipinski definition) is 4. The predicted octanol–water partition coefficient (Wildman–Crippen LogP) is 2.89. The standard InChI is InChI=1S/C22H25ClFN3O4S/c1-15-3-5-17(6-4-15)21(25-16(2)28)14-22(29)26-9-11-27(12-10-26)32(30,31)18-7-8-20(24)19(23)13-18/h3-8,13,21H,9-12,14H2,1-2H3,(H,25,28)/t21-/m1/s1. The Hall–Kier alpha value is -2.49. The van der Waals surface area contributed by atoms with Gasteiger partial charge in [-0.25, -0.2) is 12.8 Å². The van der Waals surface area contributed by atoms with E-state index in [1.165, 1.54) is 17.3 Å². The van der Waals surface area contributed by atoms with Gasteiger partial charge in [0.05, 0.1) is 22.4 Å². The van der Waals surface area contributed by atoms with Gasteiger partial charge >= 0.3 is 0 Å². The van der Waals surface area contributed by atoms with Crippen molar-refractivity contribution in [3.63, 3.8) is 0 Å². The van der Waals surface area contributed by atoms with Crippen molar-refractivity contribution in [2.24, 2.45) is 0 Å². The van der Waals surface area contributed by atoms with E-state index < -0.39 is 21.9 Å². The average molecular weight is 482 g/mol. The number of nitrogens with one attached hydrogen (secondary N) is 1. The second kappa shape index (κ2) is 9.97. The fourth-order valence-corrected chi connectivity index (χ4v) is 5.26. The zero-order valence-electron chi connectivity index (χ0n) is 17.8. The van der Waals surface area contributed by atoms with Gasteiger partial charge in [0.25, 0.3) is 0 Å². The highest BCUT2D eigenvalue weighted by Gasteiger charge is 2.31. The predicted molar refractivity (Wildman–Crippen MR) is 119 cm³/mol. The van der Waals surface area contributed by atoms with Gasteiger partial charge in [-0.2, -0.15) is 4.31 Å². The number of carbonyl (C=O) groups is 2. The Kier molecular flexibility index (Phi) is 7.53. The first-order valence-electron chi connectivity index (χ1n) is 10.1. The molecule has 10 heteroatoms. The Morgan fingerprint density at radius 3 is 2.28 bits per heavy atom. The van der Waals surface area contributed by atoms with Gasteiger partial charge in [-0.05, 0) is 30.7 Å². The first-order chi connectivity index (χ1) is 15.1. The lowest BCUT2D eigenvalue weighted by Crippen LogP contribution is -2.51. The Bertz CT molecular complexity index is 1100. The summed E-state index contributed by atoms with van der Waals surface area (Å²) >= 11 is 5.73. The lowest BCUT2D eigenvalue weighted by atomic mass is 10.0. The average Bonchev–Trinajstić information content (AvgIpc) is 2.75. The fourth-order valence-electron chi connectivity index (χ4n) is 3.56. The van der Waals surface area contributed by atoms with E-state index in [9.17, 15) is 22.4 Å². The molecule has 0 radical (unpaired) electrons. The van der Waals surface area contributed by atoms with Gasteiger partial charge in [0.2, 0.25) is 21.8 Å². The van der Waals surface area contributed by atoms with Crippen molar-refractivity contribution in [2.75, 3.05) is 26.2 Å². The maximum absolute atomic E-state index is 13.4. The molecule has 2 aromatic rings. The smallest absolute Gasteiger partial charge is 0.243 e. The zero-order chi connectivity index (χ0) is 23.5. The van der Waals surface area contributed by atoms with E-state index in [0.29, 0.717) is 0 Å². The Morgan fingerprint density at radius 1 is 1.09 bits per heavy atom. The number of piperazine rings is 1. The van der Waals surface area contributed by atoms with Gasteiger partial charge in [0, 0.05) is 33.1 Å². The molecule has 7 nitrogen and oxygen atoms in total. The number of aryl methyl sites for hydroxylation is 1. The Balaban J connectivity index is 1.65. The highest BCUT2D eigenvalue weighted by molar-refractivity contribution is 7.89. The highest BCUT2D eigenvalue weighted by Crippen LogP contribution is 2.24. The van der Waals surface area contributed by atoms with E-state index in [1.807, 2.05) is 31.2 Å². The lowest BCUT2D eigenvalue weighted by Gasteiger charge is -2.34. The summed E-state index contributed by atoms with van der Waals surface area (Å²) in [5, 5.41) is 2.55. The molecule has 2 amide bonds. The molecule has 172 valence electrons. The van der Waals surface area contributed by atoms with E-state index >= 15 is 0 Å². The molecular formula is C22H25ClFN3O4S. The van der Waals surface area contributed by atoms with Crippen LogP contribution in [-0.2, 0) is 19.6 Å². The molecule has 1 fully saturated rings. The summed E-state index contributed by atoms with van der Waals surface area (Å²) < 4.78 is 40.3. The van der Waals surface area contributed by atoms with Crippen molar-refractivity contribution in [2.45, 2.75) is 31.2 Å².